The zero-order valence-electron chi connectivity index (χ0n) is 19.0. The van der Waals surface area contributed by atoms with Crippen LogP contribution in [-0.4, -0.2) is 21.6 Å². The van der Waals surface area contributed by atoms with Gasteiger partial charge >= 0.3 is 0 Å². The lowest BCUT2D eigenvalue weighted by Crippen LogP contribution is -2.33. The second kappa shape index (κ2) is 9.60. The number of hydrogen-bond acceptors (Lipinski definition) is 4. The molecule has 0 aliphatic heterocycles. The van der Waals surface area contributed by atoms with Crippen LogP contribution in [0.15, 0.2) is 59.4 Å². The number of aryl methyl sites for hydroxylation is 2. The van der Waals surface area contributed by atoms with Crippen LogP contribution < -0.4 is 16.2 Å². The Labute approximate surface area is 187 Å². The summed E-state index contributed by atoms with van der Waals surface area (Å²) in [6.45, 7) is 9.10. The molecule has 32 heavy (non-hydrogen) atoms. The van der Waals surface area contributed by atoms with Gasteiger partial charge in [-0.15, -0.1) is 0 Å². The molecule has 1 heterocycles. The maximum absolute atomic E-state index is 12.8. The molecule has 7 nitrogen and oxygen atoms in total. The van der Waals surface area contributed by atoms with Gasteiger partial charge in [0.2, 0.25) is 11.8 Å². The van der Waals surface area contributed by atoms with Crippen LogP contribution in [0.4, 0.5) is 11.4 Å². The van der Waals surface area contributed by atoms with E-state index < -0.39 is 6.04 Å². The van der Waals surface area contributed by atoms with Gasteiger partial charge in [0.15, 0.2) is 0 Å². The lowest BCUT2D eigenvalue weighted by Gasteiger charge is -2.16. The van der Waals surface area contributed by atoms with E-state index in [4.69, 9.17) is 0 Å². The summed E-state index contributed by atoms with van der Waals surface area (Å²) in [5, 5.41) is 10.2. The maximum atomic E-state index is 12.8. The van der Waals surface area contributed by atoms with Crippen molar-refractivity contribution < 1.29 is 9.59 Å². The molecule has 0 saturated heterocycles. The van der Waals surface area contributed by atoms with Crippen LogP contribution in [0.25, 0.3) is 11.3 Å². The first-order chi connectivity index (χ1) is 15.2. The topological polar surface area (TPSA) is 93.1 Å². The highest BCUT2D eigenvalue weighted by molar-refractivity contribution is 5.94. The van der Waals surface area contributed by atoms with E-state index in [2.05, 4.69) is 15.7 Å². The van der Waals surface area contributed by atoms with Gasteiger partial charge in [-0.1, -0.05) is 44.2 Å². The number of rotatable bonds is 6. The van der Waals surface area contributed by atoms with Gasteiger partial charge in [-0.25, -0.2) is 4.68 Å². The molecule has 2 N–H and O–H groups in total. The molecule has 0 bridgehead atoms. The highest BCUT2D eigenvalue weighted by atomic mass is 16.2. The normalized spacial score (nSPS) is 11.8. The van der Waals surface area contributed by atoms with Crippen molar-refractivity contribution in [2.45, 2.75) is 40.7 Å². The standard InChI is InChI=1S/C25H28N4O3/c1-15(2)24(31)27-22-14-19(11-10-17(22)4)21-12-13-23(30)29(28-21)18(5)25(32)26-20-9-7-6-8-16(20)3/h6-15,18H,1-5H3,(H,26,32)(H,27,31). The Morgan fingerprint density at radius 1 is 0.844 bits per heavy atom. The maximum Gasteiger partial charge on any atom is 0.267 e. The van der Waals surface area contributed by atoms with E-state index in [-0.39, 0.29) is 23.3 Å². The highest BCUT2D eigenvalue weighted by Crippen LogP contribution is 2.24. The van der Waals surface area contributed by atoms with Gasteiger partial charge < -0.3 is 10.6 Å². The molecule has 3 aromatic rings. The fraction of sp³-hybridized carbons (Fsp3) is 0.280. The summed E-state index contributed by atoms with van der Waals surface area (Å²) in [6, 6.07) is 15.2. The fourth-order valence-electron chi connectivity index (χ4n) is 3.11. The number of nitrogens with one attached hydrogen (secondary N) is 2. The Kier molecular flexibility index (Phi) is 6.88. The number of nitrogens with zero attached hydrogens (tertiary/aromatic N) is 2. The average molecular weight is 433 g/mol. The number of anilines is 2. The third-order valence-corrected chi connectivity index (χ3v) is 5.29. The summed E-state index contributed by atoms with van der Waals surface area (Å²) < 4.78 is 1.18. The lowest BCUT2D eigenvalue weighted by molar-refractivity contribution is -0.119. The first-order valence-corrected chi connectivity index (χ1v) is 10.6. The molecule has 1 aromatic heterocycles. The van der Waals surface area contributed by atoms with Crippen molar-refractivity contribution >= 4 is 23.2 Å². The summed E-state index contributed by atoms with van der Waals surface area (Å²) in [6.07, 6.45) is 0. The molecule has 1 atom stereocenters. The first kappa shape index (κ1) is 22.9. The van der Waals surface area contributed by atoms with Crippen molar-refractivity contribution in [1.29, 1.82) is 0 Å². The second-order valence-electron chi connectivity index (χ2n) is 8.16. The number of amides is 2. The Bertz CT molecular complexity index is 1210. The fourth-order valence-corrected chi connectivity index (χ4v) is 3.11. The van der Waals surface area contributed by atoms with E-state index >= 15 is 0 Å². The van der Waals surface area contributed by atoms with E-state index in [0.717, 1.165) is 16.7 Å². The molecule has 0 aliphatic rings. The van der Waals surface area contributed by atoms with Crippen LogP contribution in [0.2, 0.25) is 0 Å². The Morgan fingerprint density at radius 3 is 2.19 bits per heavy atom. The van der Waals surface area contributed by atoms with Gasteiger partial charge in [-0.2, -0.15) is 5.10 Å². The lowest BCUT2D eigenvalue weighted by atomic mass is 10.1. The molecule has 1 unspecified atom stereocenters. The van der Waals surface area contributed by atoms with Crippen molar-refractivity contribution in [3.63, 3.8) is 0 Å². The zero-order chi connectivity index (χ0) is 23.4. The molecule has 166 valence electrons. The number of hydrogen-bond donors (Lipinski definition) is 2. The van der Waals surface area contributed by atoms with E-state index in [1.54, 1.807) is 13.0 Å². The Morgan fingerprint density at radius 2 is 1.50 bits per heavy atom. The van der Waals surface area contributed by atoms with Crippen LogP contribution in [0.1, 0.15) is 37.9 Å². The molecule has 0 saturated carbocycles. The van der Waals surface area contributed by atoms with Crippen LogP contribution in [0.3, 0.4) is 0 Å². The summed E-state index contributed by atoms with van der Waals surface area (Å²) in [5.74, 6) is -0.560. The molecule has 0 fully saturated rings. The van der Waals surface area contributed by atoms with Gasteiger partial charge in [0.05, 0.1) is 5.69 Å². The molecular formula is C25H28N4O3. The zero-order valence-corrected chi connectivity index (χ0v) is 19.0. The number of para-hydroxylation sites is 1. The smallest absolute Gasteiger partial charge is 0.267 e. The van der Waals surface area contributed by atoms with E-state index in [1.165, 1.54) is 10.7 Å². The molecule has 0 spiro atoms. The predicted molar refractivity (Wildman–Crippen MR) is 127 cm³/mol. The first-order valence-electron chi connectivity index (χ1n) is 10.6. The second-order valence-corrected chi connectivity index (χ2v) is 8.16. The summed E-state index contributed by atoms with van der Waals surface area (Å²) >= 11 is 0. The molecule has 0 aliphatic carbocycles. The number of benzene rings is 2. The van der Waals surface area contributed by atoms with Crippen molar-refractivity contribution in [3.05, 3.63) is 76.1 Å². The molecule has 2 amide bonds. The number of carbonyl (C=O) groups excluding carboxylic acids is 2. The predicted octanol–water partition coefficient (Wildman–Crippen LogP) is 4.32. The average Bonchev–Trinajstić information content (AvgIpc) is 2.76. The van der Waals surface area contributed by atoms with E-state index in [0.29, 0.717) is 17.1 Å². The number of aromatic nitrogens is 2. The third kappa shape index (κ3) is 5.11. The molecule has 7 heteroatoms. The highest BCUT2D eigenvalue weighted by Gasteiger charge is 2.19. The quantitative estimate of drug-likeness (QED) is 0.607. The van der Waals surface area contributed by atoms with E-state index in [1.807, 2.05) is 70.2 Å². The molecule has 3 rings (SSSR count). The summed E-state index contributed by atoms with van der Waals surface area (Å²) in [5.41, 5.74) is 4.11. The van der Waals surface area contributed by atoms with Gasteiger partial charge in [0, 0.05) is 28.9 Å². The van der Waals surface area contributed by atoms with Crippen LogP contribution in [0, 0.1) is 19.8 Å². The Hall–Kier alpha value is -3.74. The van der Waals surface area contributed by atoms with Gasteiger partial charge in [-0.05, 0) is 50.1 Å². The molecular weight excluding hydrogens is 404 g/mol. The van der Waals surface area contributed by atoms with E-state index in [9.17, 15) is 14.4 Å². The molecule has 2 aromatic carbocycles. The van der Waals surface area contributed by atoms with Crippen LogP contribution in [-0.2, 0) is 9.59 Å². The van der Waals surface area contributed by atoms with Crippen molar-refractivity contribution in [2.75, 3.05) is 10.6 Å². The van der Waals surface area contributed by atoms with Crippen molar-refractivity contribution in [2.24, 2.45) is 5.92 Å². The Balaban J connectivity index is 1.90. The summed E-state index contributed by atoms with van der Waals surface area (Å²) in [7, 11) is 0. The largest absolute Gasteiger partial charge is 0.326 e. The molecule has 0 radical (unpaired) electrons. The monoisotopic (exact) mass is 432 g/mol. The van der Waals surface area contributed by atoms with Crippen molar-refractivity contribution in [3.8, 4) is 11.3 Å². The van der Waals surface area contributed by atoms with Crippen LogP contribution >= 0.6 is 0 Å². The van der Waals surface area contributed by atoms with Crippen molar-refractivity contribution in [1.82, 2.24) is 9.78 Å². The van der Waals surface area contributed by atoms with Gasteiger partial charge in [-0.3, -0.25) is 14.4 Å². The number of carbonyl (C=O) groups is 2. The summed E-state index contributed by atoms with van der Waals surface area (Å²) in [4.78, 5) is 37.4. The third-order valence-electron chi connectivity index (χ3n) is 5.29. The van der Waals surface area contributed by atoms with Gasteiger partial charge in [0.25, 0.3) is 5.56 Å². The minimum Gasteiger partial charge on any atom is -0.326 e. The minimum absolute atomic E-state index is 0.0790. The SMILES string of the molecule is Cc1ccc(-c2ccc(=O)n(C(C)C(=O)Nc3ccccc3C)n2)cc1NC(=O)C(C)C. The minimum atomic E-state index is -0.812. The van der Waals surface area contributed by atoms with Crippen LogP contribution in [0.5, 0.6) is 0 Å². The van der Waals surface area contributed by atoms with Gasteiger partial charge in [0.1, 0.15) is 6.04 Å².